The summed E-state index contributed by atoms with van der Waals surface area (Å²) < 4.78 is 1.76. The van der Waals surface area contributed by atoms with Crippen LogP contribution in [0.2, 0.25) is 0 Å². The van der Waals surface area contributed by atoms with Gasteiger partial charge in [-0.05, 0) is 11.5 Å². The van der Waals surface area contributed by atoms with E-state index in [0.29, 0.717) is 18.1 Å². The number of aryl methyl sites for hydroxylation is 1. The van der Waals surface area contributed by atoms with Crippen molar-refractivity contribution in [2.45, 2.75) is 51.4 Å². The molecule has 0 bridgehead atoms. The van der Waals surface area contributed by atoms with Crippen molar-refractivity contribution in [2.24, 2.45) is 13.0 Å². The number of ketones is 1. The zero-order chi connectivity index (χ0) is 12.1. The van der Waals surface area contributed by atoms with Gasteiger partial charge in [0.2, 0.25) is 0 Å². The lowest BCUT2D eigenvalue weighted by Gasteiger charge is -2.12. The molecule has 0 aromatic carbocycles. The van der Waals surface area contributed by atoms with Crippen LogP contribution in [0.15, 0.2) is 12.4 Å². The van der Waals surface area contributed by atoms with Crippen LogP contribution in [0.3, 0.4) is 0 Å². The summed E-state index contributed by atoms with van der Waals surface area (Å²) >= 11 is 0. The first-order valence-electron chi connectivity index (χ1n) is 6.73. The summed E-state index contributed by atoms with van der Waals surface area (Å²) in [5, 5.41) is 4.10. The average Bonchev–Trinajstić information content (AvgIpc) is 2.53. The molecule has 0 radical (unpaired) electrons. The first-order chi connectivity index (χ1) is 8.24. The van der Waals surface area contributed by atoms with Crippen LogP contribution in [0.5, 0.6) is 0 Å². The number of nitrogens with zero attached hydrogens (tertiary/aromatic N) is 2. The fraction of sp³-hybridized carbons (Fsp3) is 0.714. The van der Waals surface area contributed by atoms with E-state index in [9.17, 15) is 4.79 Å². The Kier molecular flexibility index (Phi) is 4.35. The molecule has 0 spiro atoms. The fourth-order valence-electron chi connectivity index (χ4n) is 2.75. The van der Waals surface area contributed by atoms with E-state index in [4.69, 9.17) is 0 Å². The van der Waals surface area contributed by atoms with Gasteiger partial charge in [0.25, 0.3) is 0 Å². The largest absolute Gasteiger partial charge is 0.299 e. The van der Waals surface area contributed by atoms with Crippen molar-refractivity contribution in [1.82, 2.24) is 9.78 Å². The van der Waals surface area contributed by atoms with Gasteiger partial charge in [0.15, 0.2) is 0 Å². The van der Waals surface area contributed by atoms with E-state index in [1.165, 1.54) is 38.5 Å². The van der Waals surface area contributed by atoms with Crippen molar-refractivity contribution in [3.63, 3.8) is 0 Å². The van der Waals surface area contributed by atoms with Crippen molar-refractivity contribution in [3.05, 3.63) is 18.0 Å². The Morgan fingerprint density at radius 3 is 2.65 bits per heavy atom. The molecule has 0 atom stereocenters. The normalized spacial score (nSPS) is 17.9. The molecule has 94 valence electrons. The number of hydrogen-bond acceptors (Lipinski definition) is 2. The first-order valence-corrected chi connectivity index (χ1v) is 6.73. The van der Waals surface area contributed by atoms with Crippen LogP contribution >= 0.6 is 0 Å². The van der Waals surface area contributed by atoms with Gasteiger partial charge in [-0.25, -0.2) is 0 Å². The monoisotopic (exact) mass is 234 g/mol. The molecule has 0 amide bonds. The SMILES string of the molecule is Cn1cc(CC(=O)CC2CCCCCC2)cn1. The lowest BCUT2D eigenvalue weighted by molar-refractivity contribution is -0.119. The molecule has 0 aliphatic heterocycles. The van der Waals surface area contributed by atoms with Gasteiger partial charge < -0.3 is 0 Å². The lowest BCUT2D eigenvalue weighted by atomic mass is 9.93. The zero-order valence-corrected chi connectivity index (χ0v) is 10.7. The molecule has 17 heavy (non-hydrogen) atoms. The minimum Gasteiger partial charge on any atom is -0.299 e. The van der Waals surface area contributed by atoms with E-state index in [0.717, 1.165) is 12.0 Å². The highest BCUT2D eigenvalue weighted by Crippen LogP contribution is 2.25. The predicted octanol–water partition coefficient (Wildman–Crippen LogP) is 2.89. The third-order valence-corrected chi connectivity index (χ3v) is 3.65. The molecule has 1 aliphatic carbocycles. The summed E-state index contributed by atoms with van der Waals surface area (Å²) in [6, 6.07) is 0. The molecule has 1 fully saturated rings. The van der Waals surface area contributed by atoms with Gasteiger partial charge in [-0.15, -0.1) is 0 Å². The van der Waals surface area contributed by atoms with Gasteiger partial charge in [0.1, 0.15) is 5.78 Å². The third kappa shape index (κ3) is 3.99. The zero-order valence-electron chi connectivity index (χ0n) is 10.7. The molecule has 0 saturated heterocycles. The van der Waals surface area contributed by atoms with Gasteiger partial charge in [-0.2, -0.15) is 5.10 Å². The summed E-state index contributed by atoms with van der Waals surface area (Å²) in [6.45, 7) is 0. The Bertz CT molecular complexity index is 362. The Labute approximate surface area is 103 Å². The van der Waals surface area contributed by atoms with E-state index in [-0.39, 0.29) is 0 Å². The molecule has 1 aliphatic rings. The maximum Gasteiger partial charge on any atom is 0.137 e. The molecule has 1 saturated carbocycles. The van der Waals surface area contributed by atoms with Crippen LogP contribution in [0.4, 0.5) is 0 Å². The van der Waals surface area contributed by atoms with E-state index in [1.54, 1.807) is 10.9 Å². The molecular formula is C14H22N2O. The van der Waals surface area contributed by atoms with E-state index in [1.807, 2.05) is 13.2 Å². The average molecular weight is 234 g/mol. The standard InChI is InChI=1S/C14H22N2O/c1-16-11-13(10-15-16)9-14(17)8-12-6-4-2-3-5-7-12/h10-12H,2-9H2,1H3. The predicted molar refractivity (Wildman–Crippen MR) is 67.7 cm³/mol. The van der Waals surface area contributed by atoms with Crippen molar-refractivity contribution in [2.75, 3.05) is 0 Å². The summed E-state index contributed by atoms with van der Waals surface area (Å²) in [5.41, 5.74) is 1.05. The maximum atomic E-state index is 12.0. The smallest absolute Gasteiger partial charge is 0.137 e. The molecule has 1 aromatic heterocycles. The van der Waals surface area contributed by atoms with Crippen molar-refractivity contribution >= 4 is 5.78 Å². The van der Waals surface area contributed by atoms with Gasteiger partial charge in [0.05, 0.1) is 6.20 Å². The van der Waals surface area contributed by atoms with Crippen LogP contribution in [-0.4, -0.2) is 15.6 Å². The minimum absolute atomic E-state index is 0.380. The van der Waals surface area contributed by atoms with Crippen LogP contribution in [0.25, 0.3) is 0 Å². The Morgan fingerprint density at radius 2 is 2.06 bits per heavy atom. The second-order valence-electron chi connectivity index (χ2n) is 5.30. The quantitative estimate of drug-likeness (QED) is 0.751. The maximum absolute atomic E-state index is 12.0. The minimum atomic E-state index is 0.380. The van der Waals surface area contributed by atoms with Gasteiger partial charge in [-0.3, -0.25) is 9.48 Å². The summed E-state index contributed by atoms with van der Waals surface area (Å²) in [5.74, 6) is 1.02. The molecular weight excluding hydrogens is 212 g/mol. The topological polar surface area (TPSA) is 34.9 Å². The van der Waals surface area contributed by atoms with Gasteiger partial charge >= 0.3 is 0 Å². The highest BCUT2D eigenvalue weighted by molar-refractivity contribution is 5.80. The molecule has 1 heterocycles. The summed E-state index contributed by atoms with van der Waals surface area (Å²) in [6.07, 6.45) is 12.9. The summed E-state index contributed by atoms with van der Waals surface area (Å²) in [7, 11) is 1.89. The number of rotatable bonds is 4. The van der Waals surface area contributed by atoms with Crippen molar-refractivity contribution in [1.29, 1.82) is 0 Å². The molecule has 3 nitrogen and oxygen atoms in total. The number of carbonyl (C=O) groups excluding carboxylic acids is 1. The number of hydrogen-bond donors (Lipinski definition) is 0. The van der Waals surface area contributed by atoms with E-state index in [2.05, 4.69) is 5.10 Å². The highest BCUT2D eigenvalue weighted by atomic mass is 16.1. The van der Waals surface area contributed by atoms with E-state index >= 15 is 0 Å². The van der Waals surface area contributed by atoms with Crippen LogP contribution < -0.4 is 0 Å². The molecule has 2 rings (SSSR count). The number of carbonyl (C=O) groups is 1. The second-order valence-corrected chi connectivity index (χ2v) is 5.30. The first kappa shape index (κ1) is 12.3. The van der Waals surface area contributed by atoms with E-state index < -0.39 is 0 Å². The number of Topliss-reactive ketones (excluding diaryl/α,β-unsaturated/α-hetero) is 1. The molecule has 0 N–H and O–H groups in total. The number of aromatic nitrogens is 2. The Hall–Kier alpha value is -1.12. The Morgan fingerprint density at radius 1 is 1.35 bits per heavy atom. The van der Waals surface area contributed by atoms with Crippen molar-refractivity contribution < 1.29 is 4.79 Å². The summed E-state index contributed by atoms with van der Waals surface area (Å²) in [4.78, 5) is 12.0. The molecule has 1 aromatic rings. The van der Waals surface area contributed by atoms with Crippen LogP contribution in [0.1, 0.15) is 50.5 Å². The third-order valence-electron chi connectivity index (χ3n) is 3.65. The van der Waals surface area contributed by atoms with Crippen LogP contribution in [-0.2, 0) is 18.3 Å². The Balaban J connectivity index is 1.80. The fourth-order valence-corrected chi connectivity index (χ4v) is 2.75. The second kappa shape index (κ2) is 5.99. The van der Waals surface area contributed by atoms with Crippen LogP contribution in [0, 0.1) is 5.92 Å². The highest BCUT2D eigenvalue weighted by Gasteiger charge is 2.16. The molecule has 3 heteroatoms. The van der Waals surface area contributed by atoms with Crippen molar-refractivity contribution in [3.8, 4) is 0 Å². The molecule has 0 unspecified atom stereocenters. The van der Waals surface area contributed by atoms with Gasteiger partial charge in [-0.1, -0.05) is 38.5 Å². The van der Waals surface area contributed by atoms with Gasteiger partial charge in [0, 0.05) is 26.1 Å². The lowest BCUT2D eigenvalue weighted by Crippen LogP contribution is -2.10.